The van der Waals surface area contributed by atoms with E-state index in [9.17, 15) is 18.0 Å². The van der Waals surface area contributed by atoms with Crippen LogP contribution in [-0.4, -0.2) is 94.8 Å². The van der Waals surface area contributed by atoms with E-state index in [0.717, 1.165) is 37.8 Å². The lowest BCUT2D eigenvalue weighted by molar-refractivity contribution is -0.137. The van der Waals surface area contributed by atoms with Gasteiger partial charge in [-0.3, -0.25) is 4.68 Å². The smallest absolute Gasteiger partial charge is 0.369 e. The molecule has 10 nitrogen and oxygen atoms in total. The van der Waals surface area contributed by atoms with Gasteiger partial charge < -0.3 is 25.3 Å². The number of amides is 2. The number of aryl methyl sites for hydroxylation is 1. The number of anilines is 3. The van der Waals surface area contributed by atoms with Crippen LogP contribution in [0.25, 0.3) is 0 Å². The third-order valence-corrected chi connectivity index (χ3v) is 5.99. The van der Waals surface area contributed by atoms with Crippen LogP contribution in [0.3, 0.4) is 0 Å². The summed E-state index contributed by atoms with van der Waals surface area (Å²) in [7, 11) is 7.01. The number of rotatable bonds is 8. The lowest BCUT2D eigenvalue weighted by atomic mass is 10.1. The van der Waals surface area contributed by atoms with Crippen molar-refractivity contribution in [3.63, 3.8) is 0 Å². The molecule has 1 aliphatic rings. The lowest BCUT2D eigenvalue weighted by Crippen LogP contribution is -2.37. The van der Waals surface area contributed by atoms with Gasteiger partial charge in [0, 0.05) is 46.6 Å². The molecule has 2 N–H and O–H groups in total. The van der Waals surface area contributed by atoms with Crippen molar-refractivity contribution >= 4 is 23.5 Å². The summed E-state index contributed by atoms with van der Waals surface area (Å²) in [6.07, 6.45) is 0.442. The van der Waals surface area contributed by atoms with Gasteiger partial charge in [-0.1, -0.05) is 0 Å². The molecule has 1 saturated heterocycles. The largest absolute Gasteiger partial charge is 0.421 e. The molecule has 13 heteroatoms. The molecule has 3 heterocycles. The Morgan fingerprint density at radius 1 is 1.23 bits per heavy atom. The average molecular weight is 498 g/mol. The van der Waals surface area contributed by atoms with E-state index in [2.05, 4.69) is 37.6 Å². The van der Waals surface area contributed by atoms with Crippen LogP contribution < -0.4 is 10.6 Å². The molecule has 0 unspecified atom stereocenters. The molecule has 0 bridgehead atoms. The fraction of sp³-hybridized carbons (Fsp3) is 0.636. The molecule has 2 aromatic heterocycles. The predicted octanol–water partition coefficient (Wildman–Crippen LogP) is 3.43. The molecule has 0 spiro atoms. The van der Waals surface area contributed by atoms with Gasteiger partial charge in [0.05, 0.1) is 17.4 Å². The van der Waals surface area contributed by atoms with Gasteiger partial charge >= 0.3 is 12.2 Å². The zero-order valence-corrected chi connectivity index (χ0v) is 20.9. The van der Waals surface area contributed by atoms with Crippen molar-refractivity contribution in [2.75, 3.05) is 65.0 Å². The summed E-state index contributed by atoms with van der Waals surface area (Å²) >= 11 is 0. The van der Waals surface area contributed by atoms with Gasteiger partial charge in [-0.15, -0.1) is 0 Å². The first-order valence-corrected chi connectivity index (χ1v) is 11.6. The summed E-state index contributed by atoms with van der Waals surface area (Å²) < 4.78 is 42.5. The predicted molar refractivity (Wildman–Crippen MR) is 128 cm³/mol. The Balaban J connectivity index is 1.69. The number of urea groups is 1. The third kappa shape index (κ3) is 6.96. The molecule has 0 aromatic carbocycles. The van der Waals surface area contributed by atoms with Crippen LogP contribution in [0.15, 0.2) is 12.4 Å². The standard InChI is InChI=1S/C22H34F3N9O/c1-15-18(14-34(30-15)16-7-11-32(4)12-8-16)28-20-27-13-17(22(23,24)25)19(29-20)26-9-6-10-33(5)21(35)31(2)3/h13-14,16H,6-12H2,1-5H3,(H2,26,27,28,29). The first-order valence-electron chi connectivity index (χ1n) is 11.6. The maximum absolute atomic E-state index is 13.5. The Morgan fingerprint density at radius 2 is 1.91 bits per heavy atom. The highest BCUT2D eigenvalue weighted by atomic mass is 19.4. The molecule has 0 aliphatic carbocycles. The van der Waals surface area contributed by atoms with Crippen LogP contribution in [0.4, 0.5) is 35.4 Å². The number of carbonyl (C=O) groups is 1. The van der Waals surface area contributed by atoms with E-state index in [0.29, 0.717) is 18.7 Å². The van der Waals surface area contributed by atoms with Crippen molar-refractivity contribution in [2.24, 2.45) is 0 Å². The number of nitrogens with zero attached hydrogens (tertiary/aromatic N) is 7. The van der Waals surface area contributed by atoms with E-state index < -0.39 is 11.7 Å². The molecule has 0 saturated carbocycles. The summed E-state index contributed by atoms with van der Waals surface area (Å²) in [5.74, 6) is -0.261. The average Bonchev–Trinajstić information content (AvgIpc) is 3.15. The number of hydrogen-bond acceptors (Lipinski definition) is 7. The first kappa shape index (κ1) is 26.5. The minimum atomic E-state index is -4.60. The van der Waals surface area contributed by atoms with Crippen molar-refractivity contribution in [1.29, 1.82) is 0 Å². The number of piperidine rings is 1. The lowest BCUT2D eigenvalue weighted by Gasteiger charge is -2.28. The molecule has 2 amide bonds. The van der Waals surface area contributed by atoms with Crippen LogP contribution in [0, 0.1) is 6.92 Å². The number of nitrogens with one attached hydrogen (secondary N) is 2. The molecule has 1 aliphatic heterocycles. The van der Waals surface area contributed by atoms with Crippen molar-refractivity contribution in [1.82, 2.24) is 34.4 Å². The second-order valence-electron chi connectivity index (χ2n) is 9.10. The van der Waals surface area contributed by atoms with E-state index in [1.165, 1.54) is 9.80 Å². The fourth-order valence-corrected chi connectivity index (χ4v) is 3.92. The quantitative estimate of drug-likeness (QED) is 0.540. The van der Waals surface area contributed by atoms with Crippen molar-refractivity contribution < 1.29 is 18.0 Å². The van der Waals surface area contributed by atoms with Gasteiger partial charge in [0.2, 0.25) is 5.95 Å². The SMILES string of the molecule is Cc1nn(C2CCN(C)CC2)cc1Nc1ncc(C(F)(F)F)c(NCCCN(C)C(=O)N(C)C)n1. The summed E-state index contributed by atoms with van der Waals surface area (Å²) in [6.45, 7) is 4.40. The van der Waals surface area contributed by atoms with Gasteiger partial charge in [-0.05, 0) is 46.3 Å². The summed E-state index contributed by atoms with van der Waals surface area (Å²) in [6, 6.07) is 0.106. The molecular formula is C22H34F3N9O. The fourth-order valence-electron chi connectivity index (χ4n) is 3.92. The maximum atomic E-state index is 13.5. The second kappa shape index (κ2) is 11.1. The normalized spacial score (nSPS) is 15.2. The summed E-state index contributed by atoms with van der Waals surface area (Å²) in [4.78, 5) is 25.1. The molecule has 194 valence electrons. The molecule has 1 fully saturated rings. The Labute approximate surface area is 203 Å². The number of likely N-dealkylation sites (tertiary alicyclic amines) is 1. The molecule has 35 heavy (non-hydrogen) atoms. The number of alkyl halides is 3. The zero-order chi connectivity index (χ0) is 25.8. The monoisotopic (exact) mass is 497 g/mol. The first-order chi connectivity index (χ1) is 16.5. The van der Waals surface area contributed by atoms with Crippen LogP contribution >= 0.6 is 0 Å². The number of halogens is 3. The Bertz CT molecular complexity index is 1000. The van der Waals surface area contributed by atoms with E-state index in [-0.39, 0.29) is 30.4 Å². The zero-order valence-electron chi connectivity index (χ0n) is 20.9. The van der Waals surface area contributed by atoms with Crippen LogP contribution in [0.1, 0.15) is 36.6 Å². The highest BCUT2D eigenvalue weighted by molar-refractivity contribution is 5.73. The van der Waals surface area contributed by atoms with Crippen molar-refractivity contribution in [2.45, 2.75) is 38.4 Å². The van der Waals surface area contributed by atoms with Crippen LogP contribution in [0.2, 0.25) is 0 Å². The minimum absolute atomic E-state index is 0.0476. The topological polar surface area (TPSA) is 94.5 Å². The minimum Gasteiger partial charge on any atom is -0.369 e. The number of aromatic nitrogens is 4. The van der Waals surface area contributed by atoms with Gasteiger partial charge in [0.15, 0.2) is 0 Å². The highest BCUT2D eigenvalue weighted by Gasteiger charge is 2.35. The summed E-state index contributed by atoms with van der Waals surface area (Å²) in [5.41, 5.74) is 0.425. The Kier molecular flexibility index (Phi) is 8.41. The van der Waals surface area contributed by atoms with Crippen molar-refractivity contribution in [3.8, 4) is 0 Å². The molecule has 2 aromatic rings. The molecule has 0 atom stereocenters. The highest BCUT2D eigenvalue weighted by Crippen LogP contribution is 2.34. The van der Waals surface area contributed by atoms with E-state index in [1.807, 2.05) is 17.8 Å². The van der Waals surface area contributed by atoms with Gasteiger partial charge in [0.25, 0.3) is 0 Å². The van der Waals surface area contributed by atoms with Gasteiger partial charge in [-0.25, -0.2) is 9.78 Å². The third-order valence-electron chi connectivity index (χ3n) is 5.99. The molecular weight excluding hydrogens is 463 g/mol. The molecule has 3 rings (SSSR count). The van der Waals surface area contributed by atoms with Crippen LogP contribution in [-0.2, 0) is 6.18 Å². The van der Waals surface area contributed by atoms with Gasteiger partial charge in [0.1, 0.15) is 11.4 Å². The Morgan fingerprint density at radius 3 is 2.54 bits per heavy atom. The van der Waals surface area contributed by atoms with Gasteiger partial charge in [-0.2, -0.15) is 23.3 Å². The summed E-state index contributed by atoms with van der Waals surface area (Å²) in [5, 5.41) is 10.4. The molecule has 0 radical (unpaired) electrons. The van der Waals surface area contributed by atoms with Crippen molar-refractivity contribution in [3.05, 3.63) is 23.7 Å². The van der Waals surface area contributed by atoms with E-state index in [1.54, 1.807) is 21.1 Å². The van der Waals surface area contributed by atoms with E-state index >= 15 is 0 Å². The Hall–Kier alpha value is -3.09. The number of hydrogen-bond donors (Lipinski definition) is 2. The maximum Gasteiger partial charge on any atom is 0.421 e. The van der Waals surface area contributed by atoms with E-state index in [4.69, 9.17) is 0 Å². The van der Waals surface area contributed by atoms with Crippen LogP contribution in [0.5, 0.6) is 0 Å². The second-order valence-corrected chi connectivity index (χ2v) is 9.10. The number of carbonyl (C=O) groups excluding carboxylic acids is 1.